The second kappa shape index (κ2) is 4.24. The highest BCUT2D eigenvalue weighted by atomic mass is 16.5. The SMILES string of the molecule is CC(C)OCCC1(CO)CCC1. The van der Waals surface area contributed by atoms with Crippen LogP contribution in [-0.2, 0) is 4.74 Å². The summed E-state index contributed by atoms with van der Waals surface area (Å²) in [4.78, 5) is 0. The summed E-state index contributed by atoms with van der Waals surface area (Å²) in [6, 6.07) is 0. The highest BCUT2D eigenvalue weighted by Crippen LogP contribution is 2.43. The van der Waals surface area contributed by atoms with Crippen molar-refractivity contribution in [2.24, 2.45) is 5.41 Å². The minimum atomic E-state index is 0.231. The van der Waals surface area contributed by atoms with Gasteiger partial charge in [0.1, 0.15) is 0 Å². The Morgan fingerprint density at radius 1 is 1.42 bits per heavy atom. The lowest BCUT2D eigenvalue weighted by Crippen LogP contribution is -2.34. The fraction of sp³-hybridized carbons (Fsp3) is 1.00. The molecule has 0 aromatic rings. The van der Waals surface area contributed by atoms with Gasteiger partial charge in [0, 0.05) is 13.2 Å². The van der Waals surface area contributed by atoms with Crippen molar-refractivity contribution in [3.8, 4) is 0 Å². The number of aliphatic hydroxyl groups is 1. The fourth-order valence-electron chi connectivity index (χ4n) is 1.68. The van der Waals surface area contributed by atoms with Gasteiger partial charge < -0.3 is 9.84 Å². The van der Waals surface area contributed by atoms with Gasteiger partial charge in [-0.05, 0) is 38.5 Å². The van der Waals surface area contributed by atoms with Gasteiger partial charge in [-0.25, -0.2) is 0 Å². The van der Waals surface area contributed by atoms with Crippen LogP contribution < -0.4 is 0 Å². The fourth-order valence-corrected chi connectivity index (χ4v) is 1.68. The van der Waals surface area contributed by atoms with Gasteiger partial charge in [0.2, 0.25) is 0 Å². The molecule has 0 saturated heterocycles. The quantitative estimate of drug-likeness (QED) is 0.687. The first-order valence-electron chi connectivity index (χ1n) is 4.91. The average Bonchev–Trinajstić information content (AvgIpc) is 1.94. The summed E-state index contributed by atoms with van der Waals surface area (Å²) in [5.41, 5.74) is 0.231. The Bertz CT molecular complexity index is 122. The summed E-state index contributed by atoms with van der Waals surface area (Å²) >= 11 is 0. The van der Waals surface area contributed by atoms with Crippen molar-refractivity contribution in [3.63, 3.8) is 0 Å². The number of hydrogen-bond acceptors (Lipinski definition) is 2. The van der Waals surface area contributed by atoms with Crippen molar-refractivity contribution in [1.82, 2.24) is 0 Å². The predicted molar refractivity (Wildman–Crippen MR) is 49.1 cm³/mol. The molecule has 0 aliphatic heterocycles. The molecule has 1 rings (SSSR count). The van der Waals surface area contributed by atoms with Crippen LogP contribution in [0, 0.1) is 5.41 Å². The maximum absolute atomic E-state index is 9.15. The predicted octanol–water partition coefficient (Wildman–Crippen LogP) is 1.96. The van der Waals surface area contributed by atoms with E-state index in [0.29, 0.717) is 12.7 Å². The second-order valence-corrected chi connectivity index (χ2v) is 4.18. The van der Waals surface area contributed by atoms with Gasteiger partial charge in [0.15, 0.2) is 0 Å². The van der Waals surface area contributed by atoms with Crippen molar-refractivity contribution in [2.45, 2.75) is 45.6 Å². The van der Waals surface area contributed by atoms with Gasteiger partial charge >= 0.3 is 0 Å². The first kappa shape index (κ1) is 10.0. The summed E-state index contributed by atoms with van der Waals surface area (Å²) in [7, 11) is 0. The highest BCUT2D eigenvalue weighted by Gasteiger charge is 2.35. The maximum atomic E-state index is 9.15. The third kappa shape index (κ3) is 2.46. The lowest BCUT2D eigenvalue weighted by molar-refractivity contribution is -0.00989. The first-order valence-corrected chi connectivity index (χ1v) is 4.91. The van der Waals surface area contributed by atoms with Crippen molar-refractivity contribution in [1.29, 1.82) is 0 Å². The highest BCUT2D eigenvalue weighted by molar-refractivity contribution is 4.86. The molecule has 0 atom stereocenters. The number of hydrogen-bond donors (Lipinski definition) is 1. The number of aliphatic hydroxyl groups excluding tert-OH is 1. The molecule has 2 heteroatoms. The maximum Gasteiger partial charge on any atom is 0.0518 e. The Labute approximate surface area is 74.9 Å². The van der Waals surface area contributed by atoms with E-state index in [4.69, 9.17) is 9.84 Å². The summed E-state index contributed by atoms with van der Waals surface area (Å²) in [5.74, 6) is 0. The molecule has 0 unspecified atom stereocenters. The molecule has 12 heavy (non-hydrogen) atoms. The molecule has 1 aliphatic rings. The summed E-state index contributed by atoms with van der Waals surface area (Å²) in [5, 5.41) is 9.15. The Morgan fingerprint density at radius 2 is 2.08 bits per heavy atom. The van der Waals surface area contributed by atoms with E-state index in [1.807, 2.05) is 13.8 Å². The largest absolute Gasteiger partial charge is 0.396 e. The molecule has 0 aromatic heterocycles. The van der Waals surface area contributed by atoms with Crippen molar-refractivity contribution in [3.05, 3.63) is 0 Å². The van der Waals surface area contributed by atoms with Crippen molar-refractivity contribution in [2.75, 3.05) is 13.2 Å². The molecule has 2 nitrogen and oxygen atoms in total. The molecule has 1 aliphatic carbocycles. The van der Waals surface area contributed by atoms with E-state index < -0.39 is 0 Å². The third-order valence-electron chi connectivity index (χ3n) is 2.83. The average molecular weight is 172 g/mol. The van der Waals surface area contributed by atoms with Crippen LogP contribution >= 0.6 is 0 Å². The molecule has 0 radical (unpaired) electrons. The zero-order chi connectivity index (χ0) is 9.03. The van der Waals surface area contributed by atoms with Gasteiger partial charge in [-0.1, -0.05) is 6.42 Å². The molecule has 0 aromatic carbocycles. The molecule has 72 valence electrons. The molecule has 1 N–H and O–H groups in total. The first-order chi connectivity index (χ1) is 5.68. The third-order valence-corrected chi connectivity index (χ3v) is 2.83. The lowest BCUT2D eigenvalue weighted by atomic mass is 9.67. The van der Waals surface area contributed by atoms with Crippen LogP contribution in [0.2, 0.25) is 0 Å². The summed E-state index contributed by atoms with van der Waals surface area (Å²) in [6.07, 6.45) is 5.00. The molecule has 0 heterocycles. The summed E-state index contributed by atoms with van der Waals surface area (Å²) in [6.45, 7) is 5.24. The molecule has 0 bridgehead atoms. The normalized spacial score (nSPS) is 21.0. The van der Waals surface area contributed by atoms with Gasteiger partial charge in [-0.2, -0.15) is 0 Å². The molecule has 0 amide bonds. The Kier molecular flexibility index (Phi) is 3.53. The van der Waals surface area contributed by atoms with Crippen LogP contribution in [-0.4, -0.2) is 24.4 Å². The van der Waals surface area contributed by atoms with Crippen LogP contribution in [0.4, 0.5) is 0 Å². The van der Waals surface area contributed by atoms with E-state index in [9.17, 15) is 0 Å². The van der Waals surface area contributed by atoms with Gasteiger partial charge in [0.05, 0.1) is 6.10 Å². The van der Waals surface area contributed by atoms with Crippen molar-refractivity contribution >= 4 is 0 Å². The smallest absolute Gasteiger partial charge is 0.0518 e. The monoisotopic (exact) mass is 172 g/mol. The molecule has 0 spiro atoms. The van der Waals surface area contributed by atoms with E-state index in [1.165, 1.54) is 19.3 Å². The number of rotatable bonds is 5. The Hall–Kier alpha value is -0.0800. The van der Waals surface area contributed by atoms with Crippen LogP contribution in [0.15, 0.2) is 0 Å². The van der Waals surface area contributed by atoms with E-state index in [-0.39, 0.29) is 5.41 Å². The van der Waals surface area contributed by atoms with Crippen LogP contribution in [0.3, 0.4) is 0 Å². The Balaban J connectivity index is 2.12. The molecule has 1 saturated carbocycles. The zero-order valence-electron chi connectivity index (χ0n) is 8.18. The van der Waals surface area contributed by atoms with Gasteiger partial charge in [-0.3, -0.25) is 0 Å². The second-order valence-electron chi connectivity index (χ2n) is 4.18. The number of ether oxygens (including phenoxy) is 1. The van der Waals surface area contributed by atoms with Gasteiger partial charge in [0.25, 0.3) is 0 Å². The van der Waals surface area contributed by atoms with Crippen LogP contribution in [0.5, 0.6) is 0 Å². The van der Waals surface area contributed by atoms with Gasteiger partial charge in [-0.15, -0.1) is 0 Å². The minimum Gasteiger partial charge on any atom is -0.396 e. The van der Waals surface area contributed by atoms with Crippen LogP contribution in [0.1, 0.15) is 39.5 Å². The summed E-state index contributed by atoms with van der Waals surface area (Å²) < 4.78 is 5.46. The molecular formula is C10H20O2. The Morgan fingerprint density at radius 3 is 2.42 bits per heavy atom. The lowest BCUT2D eigenvalue weighted by Gasteiger charge is -2.40. The molecular weight excluding hydrogens is 152 g/mol. The van der Waals surface area contributed by atoms with E-state index in [2.05, 4.69) is 0 Å². The molecule has 1 fully saturated rings. The zero-order valence-corrected chi connectivity index (χ0v) is 8.18. The van der Waals surface area contributed by atoms with E-state index >= 15 is 0 Å². The van der Waals surface area contributed by atoms with Crippen molar-refractivity contribution < 1.29 is 9.84 Å². The standard InChI is InChI=1S/C10H20O2/c1-9(2)12-7-6-10(8-11)4-3-5-10/h9,11H,3-8H2,1-2H3. The minimum absolute atomic E-state index is 0.231. The van der Waals surface area contributed by atoms with Crippen LogP contribution in [0.25, 0.3) is 0 Å². The van der Waals surface area contributed by atoms with E-state index in [0.717, 1.165) is 13.0 Å². The topological polar surface area (TPSA) is 29.5 Å². The van der Waals surface area contributed by atoms with E-state index in [1.54, 1.807) is 0 Å².